The molecule has 1 atom stereocenters. The van der Waals surface area contributed by atoms with Gasteiger partial charge in [0.1, 0.15) is 0 Å². The van der Waals surface area contributed by atoms with Crippen LogP contribution in [0.2, 0.25) is 0 Å². The molecule has 1 unspecified atom stereocenters. The van der Waals surface area contributed by atoms with Crippen molar-refractivity contribution >= 4 is 23.5 Å². The molecule has 1 aliphatic rings. The summed E-state index contributed by atoms with van der Waals surface area (Å²) in [5, 5.41) is 3.67. The van der Waals surface area contributed by atoms with Crippen molar-refractivity contribution in [3.05, 3.63) is 29.8 Å². The lowest BCUT2D eigenvalue weighted by Gasteiger charge is -2.19. The van der Waals surface area contributed by atoms with E-state index in [1.807, 2.05) is 28.8 Å². The number of amides is 2. The maximum absolute atomic E-state index is 12.4. The number of carbonyl (C=O) groups is 1. The van der Waals surface area contributed by atoms with E-state index in [4.69, 9.17) is 0 Å². The fraction of sp³-hybridized carbons (Fsp3) is 0.611. The van der Waals surface area contributed by atoms with Gasteiger partial charge in [-0.3, -0.25) is 0 Å². The quantitative estimate of drug-likeness (QED) is 0.860. The summed E-state index contributed by atoms with van der Waals surface area (Å²) in [5.41, 5.74) is 2.15. The molecule has 4 nitrogen and oxygen atoms in total. The van der Waals surface area contributed by atoms with Crippen molar-refractivity contribution in [3.8, 4) is 0 Å². The van der Waals surface area contributed by atoms with Gasteiger partial charge in [0.25, 0.3) is 0 Å². The van der Waals surface area contributed by atoms with E-state index >= 15 is 0 Å². The van der Waals surface area contributed by atoms with Crippen molar-refractivity contribution in [2.75, 3.05) is 39.0 Å². The molecule has 1 fully saturated rings. The fourth-order valence-corrected chi connectivity index (χ4v) is 3.59. The summed E-state index contributed by atoms with van der Waals surface area (Å²) in [6.07, 6.45) is 1.09. The third-order valence-electron chi connectivity index (χ3n) is 3.96. The second-order valence-electron chi connectivity index (χ2n) is 6.85. The molecule has 1 aliphatic heterocycles. The zero-order valence-electron chi connectivity index (χ0n) is 14.7. The highest BCUT2D eigenvalue weighted by Gasteiger charge is 2.26. The first-order valence-corrected chi connectivity index (χ1v) is 9.40. The molecule has 0 aliphatic carbocycles. The van der Waals surface area contributed by atoms with Gasteiger partial charge < -0.3 is 15.1 Å². The minimum Gasteiger partial charge on any atom is -0.324 e. The van der Waals surface area contributed by atoms with Crippen LogP contribution in [0.25, 0.3) is 0 Å². The van der Waals surface area contributed by atoms with Gasteiger partial charge in [-0.25, -0.2) is 4.79 Å². The monoisotopic (exact) mass is 335 g/mol. The molecule has 0 spiro atoms. The molecule has 1 aromatic carbocycles. The van der Waals surface area contributed by atoms with Crippen molar-refractivity contribution in [2.24, 2.45) is 5.92 Å². The van der Waals surface area contributed by atoms with Crippen molar-refractivity contribution in [1.29, 1.82) is 0 Å². The van der Waals surface area contributed by atoms with Crippen molar-refractivity contribution in [3.63, 3.8) is 0 Å². The van der Waals surface area contributed by atoms with Gasteiger partial charge >= 0.3 is 6.03 Å². The second kappa shape index (κ2) is 8.60. The molecule has 1 saturated heterocycles. The second-order valence-corrected chi connectivity index (χ2v) is 8.42. The van der Waals surface area contributed by atoms with Crippen molar-refractivity contribution in [1.82, 2.24) is 9.80 Å². The molecule has 0 radical (unpaired) electrons. The van der Waals surface area contributed by atoms with Crippen LogP contribution in [0.15, 0.2) is 24.3 Å². The number of likely N-dealkylation sites (tertiary alicyclic amines) is 1. The van der Waals surface area contributed by atoms with Crippen LogP contribution in [-0.4, -0.2) is 54.8 Å². The Morgan fingerprint density at radius 2 is 2.22 bits per heavy atom. The summed E-state index contributed by atoms with van der Waals surface area (Å²) in [6.45, 7) is 7.16. The van der Waals surface area contributed by atoms with E-state index in [-0.39, 0.29) is 6.03 Å². The lowest BCUT2D eigenvalue weighted by molar-refractivity contribution is 0.219. The maximum atomic E-state index is 12.4. The summed E-state index contributed by atoms with van der Waals surface area (Å²) >= 11 is 1.92. The average molecular weight is 336 g/mol. The van der Waals surface area contributed by atoms with Gasteiger partial charge in [0.05, 0.1) is 0 Å². The van der Waals surface area contributed by atoms with Gasteiger partial charge in [-0.15, -0.1) is 0 Å². The lowest BCUT2D eigenvalue weighted by Crippen LogP contribution is -2.34. The Morgan fingerprint density at radius 1 is 1.43 bits per heavy atom. The fourth-order valence-electron chi connectivity index (χ4n) is 2.89. The summed E-state index contributed by atoms with van der Waals surface area (Å²) in [7, 11) is 4.17. The van der Waals surface area contributed by atoms with Crippen LogP contribution in [0.4, 0.5) is 10.5 Å². The number of urea groups is 1. The molecule has 2 rings (SSSR count). The Balaban J connectivity index is 1.87. The number of thioether (sulfide) groups is 1. The molecule has 0 aromatic heterocycles. The highest BCUT2D eigenvalue weighted by Crippen LogP contribution is 2.21. The highest BCUT2D eigenvalue weighted by atomic mass is 32.2. The first-order valence-electron chi connectivity index (χ1n) is 8.35. The Kier molecular flexibility index (Phi) is 6.78. The van der Waals surface area contributed by atoms with Crippen LogP contribution in [0, 0.1) is 5.92 Å². The molecule has 0 saturated carbocycles. The van der Waals surface area contributed by atoms with Gasteiger partial charge in [0, 0.05) is 31.1 Å². The smallest absolute Gasteiger partial charge is 0.321 e. The molecule has 1 N–H and O–H groups in total. The minimum atomic E-state index is 0.0277. The number of nitrogens with zero attached hydrogens (tertiary/aromatic N) is 2. The van der Waals surface area contributed by atoms with Gasteiger partial charge in [-0.1, -0.05) is 26.0 Å². The molecule has 1 aromatic rings. The van der Waals surface area contributed by atoms with Gasteiger partial charge in [0.15, 0.2) is 0 Å². The van der Waals surface area contributed by atoms with Crippen LogP contribution >= 0.6 is 11.8 Å². The molecular formula is C18H29N3OS. The van der Waals surface area contributed by atoms with Crippen LogP contribution in [0.5, 0.6) is 0 Å². The van der Waals surface area contributed by atoms with E-state index in [9.17, 15) is 4.79 Å². The Labute approximate surface area is 144 Å². The molecule has 0 bridgehead atoms. The van der Waals surface area contributed by atoms with E-state index in [0.717, 1.165) is 37.5 Å². The van der Waals surface area contributed by atoms with E-state index in [1.165, 1.54) is 5.56 Å². The third kappa shape index (κ3) is 6.07. The normalized spacial score (nSPS) is 18.0. The van der Waals surface area contributed by atoms with Crippen LogP contribution in [0.3, 0.4) is 0 Å². The number of rotatable bonds is 6. The number of hydrogen-bond acceptors (Lipinski definition) is 3. The lowest BCUT2D eigenvalue weighted by atomic mass is 10.1. The highest BCUT2D eigenvalue weighted by molar-refractivity contribution is 7.99. The zero-order chi connectivity index (χ0) is 16.8. The van der Waals surface area contributed by atoms with E-state index in [0.29, 0.717) is 11.2 Å². The number of nitrogens with one attached hydrogen (secondary N) is 1. The Hall–Kier alpha value is -1.20. The maximum Gasteiger partial charge on any atom is 0.321 e. The summed E-state index contributed by atoms with van der Waals surface area (Å²) < 4.78 is 0. The SMILES string of the molecule is CC(C)SCc1cccc(NC(=O)N2CCC(CN(C)C)C2)c1. The first kappa shape index (κ1) is 18.1. The largest absolute Gasteiger partial charge is 0.324 e. The van der Waals surface area contributed by atoms with Crippen LogP contribution < -0.4 is 5.32 Å². The minimum absolute atomic E-state index is 0.0277. The molecule has 1 heterocycles. The topological polar surface area (TPSA) is 35.6 Å². The molecule has 23 heavy (non-hydrogen) atoms. The van der Waals surface area contributed by atoms with Crippen LogP contribution in [-0.2, 0) is 5.75 Å². The Morgan fingerprint density at radius 3 is 2.91 bits per heavy atom. The van der Waals surface area contributed by atoms with E-state index in [1.54, 1.807) is 0 Å². The average Bonchev–Trinajstić information content (AvgIpc) is 2.93. The first-order chi connectivity index (χ1) is 10.9. The summed E-state index contributed by atoms with van der Waals surface area (Å²) in [6, 6.07) is 8.22. The third-order valence-corrected chi connectivity index (χ3v) is 5.12. The van der Waals surface area contributed by atoms with Gasteiger partial charge in [-0.2, -0.15) is 11.8 Å². The van der Waals surface area contributed by atoms with E-state index < -0.39 is 0 Å². The van der Waals surface area contributed by atoms with Crippen LogP contribution in [0.1, 0.15) is 25.8 Å². The molecule has 128 valence electrons. The van der Waals surface area contributed by atoms with Gasteiger partial charge in [-0.05, 0) is 49.4 Å². The standard InChI is InChI=1S/C18H29N3OS/c1-14(2)23-13-15-6-5-7-17(10-15)19-18(22)21-9-8-16(12-21)11-20(3)4/h5-7,10,14,16H,8-9,11-13H2,1-4H3,(H,19,22). The zero-order valence-corrected chi connectivity index (χ0v) is 15.5. The predicted octanol–water partition coefficient (Wildman–Crippen LogP) is 3.74. The predicted molar refractivity (Wildman–Crippen MR) is 100 cm³/mol. The molecule has 5 heteroatoms. The summed E-state index contributed by atoms with van der Waals surface area (Å²) in [4.78, 5) is 16.6. The molecular weight excluding hydrogens is 306 g/mol. The van der Waals surface area contributed by atoms with Crippen molar-refractivity contribution < 1.29 is 4.79 Å². The number of hydrogen-bond donors (Lipinski definition) is 1. The number of benzene rings is 1. The number of anilines is 1. The van der Waals surface area contributed by atoms with E-state index in [2.05, 4.69) is 50.3 Å². The summed E-state index contributed by atoms with van der Waals surface area (Å²) in [5.74, 6) is 1.57. The number of carbonyl (C=O) groups excluding carboxylic acids is 1. The van der Waals surface area contributed by atoms with Crippen molar-refractivity contribution in [2.45, 2.75) is 31.3 Å². The molecule has 2 amide bonds. The van der Waals surface area contributed by atoms with Gasteiger partial charge in [0.2, 0.25) is 0 Å². The Bertz CT molecular complexity index is 519.